The summed E-state index contributed by atoms with van der Waals surface area (Å²) in [6.07, 6.45) is 2.46. The van der Waals surface area contributed by atoms with Crippen molar-refractivity contribution in [2.45, 2.75) is 19.8 Å². The summed E-state index contributed by atoms with van der Waals surface area (Å²) in [5, 5.41) is 6.48. The van der Waals surface area contributed by atoms with Gasteiger partial charge >= 0.3 is 70.0 Å². The Morgan fingerprint density at radius 2 is 1.82 bits per heavy atom. The summed E-state index contributed by atoms with van der Waals surface area (Å²) in [6.45, 7) is 6.22. The van der Waals surface area contributed by atoms with E-state index in [2.05, 4.69) is 17.6 Å². The molecule has 0 aliphatic rings. The molecule has 0 saturated heterocycles. The molecule has 11 heavy (non-hydrogen) atoms. The van der Waals surface area contributed by atoms with Gasteiger partial charge in [-0.25, -0.2) is 0 Å². The van der Waals surface area contributed by atoms with Crippen LogP contribution >= 0.6 is 0 Å². The Labute approximate surface area is 70.8 Å². The van der Waals surface area contributed by atoms with Gasteiger partial charge in [0.25, 0.3) is 0 Å². The zero-order valence-electron chi connectivity index (χ0n) is 7.40. The normalized spacial score (nSPS) is 9.82. The van der Waals surface area contributed by atoms with Gasteiger partial charge in [-0.15, -0.1) is 0 Å². The molecule has 63 valence electrons. The Kier molecular flexibility index (Phi) is 9.72. The first-order valence-corrected chi connectivity index (χ1v) is 4.36. The second-order valence-electron chi connectivity index (χ2n) is 2.50. The molecule has 0 aromatic rings. The van der Waals surface area contributed by atoms with Crippen LogP contribution in [0, 0.1) is 0 Å². The Morgan fingerprint density at radius 1 is 1.18 bits per heavy atom. The Hall–Kier alpha value is -0.145. The van der Waals surface area contributed by atoms with Gasteiger partial charge < -0.3 is 0 Å². The molecular weight excluding hydrogens is 135 g/mol. The average molecular weight is 153 g/mol. The molecule has 0 aliphatic heterocycles. The SMILES string of the molecule is [B]=CCNCCCCNCC. The van der Waals surface area contributed by atoms with E-state index in [1.54, 1.807) is 5.97 Å². The third-order valence-electron chi connectivity index (χ3n) is 1.47. The molecule has 0 heterocycles. The topological polar surface area (TPSA) is 24.1 Å². The van der Waals surface area contributed by atoms with Gasteiger partial charge in [0.2, 0.25) is 0 Å². The molecule has 0 unspecified atom stereocenters. The van der Waals surface area contributed by atoms with E-state index in [9.17, 15) is 0 Å². The van der Waals surface area contributed by atoms with Crippen LogP contribution in [0.3, 0.4) is 0 Å². The van der Waals surface area contributed by atoms with Gasteiger partial charge in [0.05, 0.1) is 0 Å². The fraction of sp³-hybridized carbons (Fsp3) is 0.875. The van der Waals surface area contributed by atoms with Crippen molar-refractivity contribution in [2.75, 3.05) is 26.2 Å². The quantitative estimate of drug-likeness (QED) is 0.377. The summed E-state index contributed by atoms with van der Waals surface area (Å²) in [6, 6.07) is 0. The first-order chi connectivity index (χ1) is 5.41. The maximum atomic E-state index is 5.19. The van der Waals surface area contributed by atoms with Crippen LogP contribution in [0.15, 0.2) is 0 Å². The van der Waals surface area contributed by atoms with E-state index in [4.69, 9.17) is 7.49 Å². The van der Waals surface area contributed by atoms with E-state index >= 15 is 0 Å². The zero-order chi connectivity index (χ0) is 8.36. The second kappa shape index (κ2) is 9.85. The van der Waals surface area contributed by atoms with Crippen LogP contribution in [0.5, 0.6) is 0 Å². The number of rotatable bonds is 8. The number of hydrogen-bond donors (Lipinski definition) is 2. The molecule has 0 saturated carbocycles. The van der Waals surface area contributed by atoms with Crippen molar-refractivity contribution in [3.8, 4) is 0 Å². The monoisotopic (exact) mass is 153 g/mol. The summed E-state index contributed by atoms with van der Waals surface area (Å²) in [7, 11) is 5.19. The summed E-state index contributed by atoms with van der Waals surface area (Å²) in [4.78, 5) is 0. The van der Waals surface area contributed by atoms with Gasteiger partial charge in [-0.3, -0.25) is 0 Å². The number of nitrogens with one attached hydrogen (secondary N) is 2. The van der Waals surface area contributed by atoms with Crippen LogP contribution in [0.4, 0.5) is 0 Å². The van der Waals surface area contributed by atoms with Crippen molar-refractivity contribution < 1.29 is 0 Å². The number of unbranched alkanes of at least 4 members (excludes halogenated alkanes) is 1. The van der Waals surface area contributed by atoms with Crippen LogP contribution in [0.1, 0.15) is 19.8 Å². The van der Waals surface area contributed by atoms with Gasteiger partial charge in [0.1, 0.15) is 0 Å². The minimum atomic E-state index is 0.821. The standard InChI is InChI=1S/C8H18BN2/c1-2-10-6-3-4-7-11-8-5-9/h5,10-11H,2-4,6-8H2,1H3. The molecule has 0 spiro atoms. The second-order valence-corrected chi connectivity index (χ2v) is 2.50. The third-order valence-corrected chi connectivity index (χ3v) is 1.47. The minimum absolute atomic E-state index is 0.821. The molecule has 0 aromatic heterocycles. The van der Waals surface area contributed by atoms with Gasteiger partial charge in [0.15, 0.2) is 0 Å². The molecule has 2 N–H and O–H groups in total. The molecule has 0 amide bonds. The van der Waals surface area contributed by atoms with E-state index in [1.165, 1.54) is 12.8 Å². The summed E-state index contributed by atoms with van der Waals surface area (Å²) < 4.78 is 0. The molecule has 0 aliphatic carbocycles. The Morgan fingerprint density at radius 3 is 2.36 bits per heavy atom. The molecule has 0 fully saturated rings. The summed E-state index contributed by atoms with van der Waals surface area (Å²) >= 11 is 0. The maximum absolute atomic E-state index is 5.19. The molecule has 0 bridgehead atoms. The fourth-order valence-electron chi connectivity index (χ4n) is 0.862. The fourth-order valence-corrected chi connectivity index (χ4v) is 0.862. The third kappa shape index (κ3) is 9.85. The molecule has 3 heteroatoms. The van der Waals surface area contributed by atoms with E-state index < -0.39 is 0 Å². The predicted molar refractivity (Wildman–Crippen MR) is 52.5 cm³/mol. The van der Waals surface area contributed by atoms with Gasteiger partial charge in [-0.1, -0.05) is 0 Å². The molecule has 1 radical (unpaired) electrons. The average Bonchev–Trinajstić information content (AvgIpc) is 2.03. The van der Waals surface area contributed by atoms with Crippen molar-refractivity contribution in [2.24, 2.45) is 0 Å². The molecule has 0 atom stereocenters. The summed E-state index contributed by atoms with van der Waals surface area (Å²) in [5.41, 5.74) is 0. The Balaban J connectivity index is 2.74. The molecule has 0 rings (SSSR count). The predicted octanol–water partition coefficient (Wildman–Crippen LogP) is -0.0636. The zero-order valence-corrected chi connectivity index (χ0v) is 7.40. The first-order valence-electron chi connectivity index (χ1n) is 4.36. The van der Waals surface area contributed by atoms with Crippen molar-refractivity contribution in [3.05, 3.63) is 0 Å². The van der Waals surface area contributed by atoms with Gasteiger partial charge in [-0.2, -0.15) is 0 Å². The Bertz CT molecular complexity index is 86.2. The van der Waals surface area contributed by atoms with Crippen molar-refractivity contribution >= 4 is 13.5 Å². The molecule has 0 aromatic carbocycles. The van der Waals surface area contributed by atoms with Crippen LogP contribution in [-0.2, 0) is 0 Å². The van der Waals surface area contributed by atoms with E-state index in [0.717, 1.165) is 26.2 Å². The van der Waals surface area contributed by atoms with Crippen molar-refractivity contribution in [1.29, 1.82) is 0 Å². The molecule has 2 nitrogen and oxygen atoms in total. The van der Waals surface area contributed by atoms with Crippen molar-refractivity contribution in [3.63, 3.8) is 0 Å². The van der Waals surface area contributed by atoms with Crippen LogP contribution < -0.4 is 10.6 Å². The number of hydrogen-bond acceptors (Lipinski definition) is 2. The van der Waals surface area contributed by atoms with Crippen LogP contribution in [0.2, 0.25) is 0 Å². The first kappa shape index (κ1) is 10.9. The van der Waals surface area contributed by atoms with E-state index in [0.29, 0.717) is 0 Å². The van der Waals surface area contributed by atoms with Crippen LogP contribution in [-0.4, -0.2) is 39.6 Å². The van der Waals surface area contributed by atoms with E-state index in [-0.39, 0.29) is 0 Å². The van der Waals surface area contributed by atoms with Crippen molar-refractivity contribution in [1.82, 2.24) is 10.6 Å². The van der Waals surface area contributed by atoms with Gasteiger partial charge in [-0.05, 0) is 0 Å². The van der Waals surface area contributed by atoms with Gasteiger partial charge in [0, 0.05) is 0 Å². The summed E-state index contributed by atoms with van der Waals surface area (Å²) in [5.74, 6) is 1.64. The molecular formula is C8H18BN2. The van der Waals surface area contributed by atoms with E-state index in [1.807, 2.05) is 0 Å². The van der Waals surface area contributed by atoms with Crippen LogP contribution in [0.25, 0.3) is 0 Å².